The number of carbonyl (C=O) groups is 3. The molecule has 0 saturated carbocycles. The zero-order valence-corrected chi connectivity index (χ0v) is 17.1. The normalized spacial score (nSPS) is 26.1. The maximum Gasteiger partial charge on any atom is 0.416 e. The Morgan fingerprint density at radius 2 is 1.84 bits per heavy atom. The molecule has 2 aliphatic rings. The van der Waals surface area contributed by atoms with Crippen LogP contribution >= 0.6 is 0 Å². The molecule has 3 rings (SSSR count). The number of benzene rings is 1. The van der Waals surface area contributed by atoms with Crippen molar-refractivity contribution >= 4 is 17.8 Å². The average Bonchev–Trinajstić information content (AvgIpc) is 3.22. The number of imide groups is 1. The summed E-state index contributed by atoms with van der Waals surface area (Å²) < 4.78 is 39.4. The average molecular weight is 438 g/mol. The van der Waals surface area contributed by atoms with Gasteiger partial charge in [-0.25, -0.2) is 0 Å². The van der Waals surface area contributed by atoms with Crippen molar-refractivity contribution in [3.05, 3.63) is 47.5 Å². The number of hydrogen-bond donors (Lipinski definition) is 2. The number of unbranched alkanes of at least 4 members (excludes halogenated alkanes) is 2. The molecule has 2 saturated heterocycles. The van der Waals surface area contributed by atoms with E-state index in [9.17, 15) is 32.7 Å². The fraction of sp³-hybridized carbons (Fsp3) is 0.500. The lowest BCUT2D eigenvalue weighted by Gasteiger charge is -2.21. The third kappa shape index (κ3) is 4.66. The van der Waals surface area contributed by atoms with E-state index in [0.29, 0.717) is 6.42 Å². The van der Waals surface area contributed by atoms with Gasteiger partial charge in [0.25, 0.3) is 0 Å². The predicted octanol–water partition coefficient (Wildman–Crippen LogP) is 3.54. The van der Waals surface area contributed by atoms with Gasteiger partial charge in [-0.2, -0.15) is 13.2 Å². The highest BCUT2D eigenvalue weighted by atomic mass is 19.4. The number of hydrogen-bond acceptors (Lipinski definition) is 4. The first-order valence-corrected chi connectivity index (χ1v) is 10.3. The fourth-order valence-corrected chi connectivity index (χ4v) is 4.29. The van der Waals surface area contributed by atoms with Crippen molar-refractivity contribution in [1.82, 2.24) is 10.2 Å². The van der Waals surface area contributed by atoms with Gasteiger partial charge in [-0.05, 0) is 30.5 Å². The van der Waals surface area contributed by atoms with Gasteiger partial charge in [0.2, 0.25) is 11.8 Å². The van der Waals surface area contributed by atoms with Crippen LogP contribution in [0.3, 0.4) is 0 Å². The van der Waals surface area contributed by atoms with Crippen molar-refractivity contribution in [3.8, 4) is 0 Å². The highest BCUT2D eigenvalue weighted by Crippen LogP contribution is 2.44. The number of aliphatic carboxylic acids is 1. The van der Waals surface area contributed by atoms with Crippen LogP contribution in [0, 0.1) is 11.8 Å². The quantitative estimate of drug-likeness (QED) is 0.368. The Kier molecular flexibility index (Phi) is 6.83. The summed E-state index contributed by atoms with van der Waals surface area (Å²) in [5.41, 5.74) is -0.760. The van der Waals surface area contributed by atoms with Crippen LogP contribution in [0.1, 0.15) is 49.8 Å². The van der Waals surface area contributed by atoms with Gasteiger partial charge in [0.15, 0.2) is 0 Å². The molecule has 2 aliphatic heterocycles. The summed E-state index contributed by atoms with van der Waals surface area (Å²) in [7, 11) is 0. The number of nitrogens with zero attached hydrogens (tertiary/aromatic N) is 1. The van der Waals surface area contributed by atoms with Crippen molar-refractivity contribution in [1.29, 1.82) is 0 Å². The number of fused-ring (bicyclic) bond motifs is 1. The molecule has 0 spiro atoms. The van der Waals surface area contributed by atoms with E-state index in [1.54, 1.807) is 0 Å². The van der Waals surface area contributed by atoms with Gasteiger partial charge in [-0.1, -0.05) is 44.1 Å². The molecule has 0 radical (unpaired) electrons. The number of carboxylic acids is 1. The summed E-state index contributed by atoms with van der Waals surface area (Å²) >= 11 is 0. The first-order chi connectivity index (χ1) is 14.7. The summed E-state index contributed by atoms with van der Waals surface area (Å²) in [5, 5.41) is 12.3. The van der Waals surface area contributed by atoms with E-state index in [-0.39, 0.29) is 12.1 Å². The van der Waals surface area contributed by atoms with Crippen molar-refractivity contribution in [2.45, 2.75) is 50.9 Å². The van der Waals surface area contributed by atoms with E-state index in [1.807, 2.05) is 12.2 Å². The summed E-state index contributed by atoms with van der Waals surface area (Å²) in [5.74, 6) is -4.65. The Bertz CT molecular complexity index is 884. The van der Waals surface area contributed by atoms with Crippen LogP contribution < -0.4 is 5.32 Å². The molecule has 0 aromatic heterocycles. The maximum atomic E-state index is 13.1. The van der Waals surface area contributed by atoms with Crippen molar-refractivity contribution in [3.63, 3.8) is 0 Å². The number of halogens is 3. The van der Waals surface area contributed by atoms with E-state index in [4.69, 9.17) is 0 Å². The molecule has 0 aliphatic carbocycles. The molecule has 1 aromatic rings. The smallest absolute Gasteiger partial charge is 0.416 e. The van der Waals surface area contributed by atoms with Gasteiger partial charge in [-0.15, -0.1) is 0 Å². The molecule has 9 heteroatoms. The van der Waals surface area contributed by atoms with E-state index < -0.39 is 53.4 Å². The van der Waals surface area contributed by atoms with Crippen LogP contribution in [0.25, 0.3) is 0 Å². The Morgan fingerprint density at radius 1 is 1.16 bits per heavy atom. The van der Waals surface area contributed by atoms with Crippen LogP contribution in [0.2, 0.25) is 0 Å². The second-order valence-corrected chi connectivity index (χ2v) is 7.87. The molecule has 2 heterocycles. The van der Waals surface area contributed by atoms with Crippen molar-refractivity contribution in [2.24, 2.45) is 11.8 Å². The maximum absolute atomic E-state index is 13.1. The lowest BCUT2D eigenvalue weighted by Crippen LogP contribution is -2.43. The van der Waals surface area contributed by atoms with Gasteiger partial charge >= 0.3 is 12.1 Å². The molecule has 2 amide bonds. The van der Waals surface area contributed by atoms with E-state index in [1.165, 1.54) is 12.1 Å². The Morgan fingerprint density at radius 3 is 2.48 bits per heavy atom. The molecule has 2 N–H and O–H groups in total. The number of carbonyl (C=O) groups excluding carboxylic acids is 2. The molecular formula is C22H25F3N2O4. The van der Waals surface area contributed by atoms with Crippen LogP contribution in [-0.2, 0) is 20.6 Å². The second-order valence-electron chi connectivity index (χ2n) is 7.87. The van der Waals surface area contributed by atoms with Crippen molar-refractivity contribution in [2.75, 3.05) is 6.54 Å². The highest BCUT2D eigenvalue weighted by molar-refractivity contribution is 6.08. The molecular weight excluding hydrogens is 413 g/mol. The molecule has 0 bridgehead atoms. The Hall–Kier alpha value is -2.68. The van der Waals surface area contributed by atoms with Gasteiger partial charge in [-0.3, -0.25) is 24.6 Å². The molecule has 6 nitrogen and oxygen atoms in total. The number of amides is 2. The topological polar surface area (TPSA) is 86.7 Å². The van der Waals surface area contributed by atoms with Crippen LogP contribution in [0.4, 0.5) is 13.2 Å². The van der Waals surface area contributed by atoms with E-state index in [0.717, 1.165) is 36.3 Å². The van der Waals surface area contributed by atoms with Gasteiger partial charge in [0, 0.05) is 12.6 Å². The molecule has 168 valence electrons. The van der Waals surface area contributed by atoms with Crippen molar-refractivity contribution < 1.29 is 32.7 Å². The van der Waals surface area contributed by atoms with Crippen LogP contribution in [-0.4, -0.2) is 40.4 Å². The van der Waals surface area contributed by atoms with E-state index in [2.05, 4.69) is 12.2 Å². The van der Waals surface area contributed by atoms with Gasteiger partial charge in [0.05, 0.1) is 17.4 Å². The lowest BCUT2D eigenvalue weighted by atomic mass is 9.86. The Balaban J connectivity index is 1.84. The number of alkyl halides is 3. The molecule has 4 unspecified atom stereocenters. The first kappa shape index (κ1) is 23.0. The highest BCUT2D eigenvalue weighted by Gasteiger charge is 2.60. The molecule has 4 atom stereocenters. The summed E-state index contributed by atoms with van der Waals surface area (Å²) in [6.45, 7) is 2.19. The zero-order valence-electron chi connectivity index (χ0n) is 17.1. The first-order valence-electron chi connectivity index (χ1n) is 10.3. The second kappa shape index (κ2) is 9.21. The number of likely N-dealkylation sites (tertiary alicyclic amines) is 1. The minimum Gasteiger partial charge on any atom is -0.480 e. The SMILES string of the molecule is CCCCC=CCCN1C(=O)C2C(C(=O)O)NC(c3cccc(C(F)(F)F)c3)C2C1=O. The van der Waals surface area contributed by atoms with E-state index >= 15 is 0 Å². The largest absolute Gasteiger partial charge is 0.480 e. The van der Waals surface area contributed by atoms with Crippen LogP contribution in [0.5, 0.6) is 0 Å². The Labute approximate surface area is 178 Å². The summed E-state index contributed by atoms with van der Waals surface area (Å²) in [6, 6.07) is 2.09. The third-order valence-corrected chi connectivity index (χ3v) is 5.82. The number of rotatable bonds is 8. The molecule has 31 heavy (non-hydrogen) atoms. The number of nitrogens with one attached hydrogen (secondary N) is 1. The molecule has 1 aromatic carbocycles. The zero-order chi connectivity index (χ0) is 22.8. The summed E-state index contributed by atoms with van der Waals surface area (Å²) in [6.07, 6.45) is 2.70. The third-order valence-electron chi connectivity index (χ3n) is 5.82. The van der Waals surface area contributed by atoms with Gasteiger partial charge in [0.1, 0.15) is 6.04 Å². The lowest BCUT2D eigenvalue weighted by molar-refractivity contribution is -0.146. The minimum absolute atomic E-state index is 0.120. The summed E-state index contributed by atoms with van der Waals surface area (Å²) in [4.78, 5) is 38.7. The van der Waals surface area contributed by atoms with Gasteiger partial charge < -0.3 is 5.11 Å². The molecule has 2 fully saturated rings. The standard InChI is InChI=1S/C22H25F3N2O4/c1-2-3-4-5-6-7-11-27-19(28)15-16(20(27)29)18(21(30)31)26-17(15)13-9-8-10-14(12-13)22(23,24)25/h5-6,8-10,12,15-18,26H,2-4,7,11H2,1H3,(H,30,31). The predicted molar refractivity (Wildman–Crippen MR) is 106 cm³/mol. The van der Waals surface area contributed by atoms with Crippen LogP contribution in [0.15, 0.2) is 36.4 Å². The fourth-order valence-electron chi connectivity index (χ4n) is 4.29. The monoisotopic (exact) mass is 438 g/mol. The minimum atomic E-state index is -4.58. The number of carboxylic acid groups (broad SMARTS) is 1. The number of allylic oxidation sites excluding steroid dienone is 1.